The normalized spacial score (nSPS) is 16.1. The standard InChI is InChI=1S/C39H47N7O6/c1-9-31(28-13-11-10-12-14-28)42-37(49)46-33(35(48)44(7)36-40-19-20-43(36)6)30(34(46)47)22-27-21-25(2)41-32(23-27)45(38(50)52-39(3,4)5)24-26-15-17-29(51-8)18-16-26/h10-21,23,30-31,33H,9,22,24H2,1-8H3,(H,42,49)/t30-,31-,33+/m1/s1. The minimum absolute atomic E-state index is 0.115. The number of carbonyl (C=O) groups excluding carboxylic acids is 4. The summed E-state index contributed by atoms with van der Waals surface area (Å²) in [5, 5.41) is 2.96. The van der Waals surface area contributed by atoms with Crippen molar-refractivity contribution in [1.29, 1.82) is 0 Å². The largest absolute Gasteiger partial charge is 0.497 e. The van der Waals surface area contributed by atoms with E-state index in [1.54, 1.807) is 71.9 Å². The van der Waals surface area contributed by atoms with Crippen LogP contribution < -0.4 is 19.9 Å². The number of urea groups is 1. The van der Waals surface area contributed by atoms with Crippen LogP contribution in [0.25, 0.3) is 0 Å². The van der Waals surface area contributed by atoms with E-state index >= 15 is 0 Å². The van der Waals surface area contributed by atoms with Gasteiger partial charge in [-0.2, -0.15) is 0 Å². The monoisotopic (exact) mass is 709 g/mol. The first-order chi connectivity index (χ1) is 24.7. The van der Waals surface area contributed by atoms with Crippen molar-refractivity contribution in [3.63, 3.8) is 0 Å². The lowest BCUT2D eigenvalue weighted by atomic mass is 9.81. The lowest BCUT2D eigenvalue weighted by Gasteiger charge is -2.45. The van der Waals surface area contributed by atoms with Crippen molar-refractivity contribution in [2.75, 3.05) is 24.0 Å². The number of β-lactam (4-membered cyclic amide) rings is 1. The first-order valence-corrected chi connectivity index (χ1v) is 17.2. The number of amides is 5. The smallest absolute Gasteiger partial charge is 0.416 e. The molecule has 4 aromatic rings. The predicted octanol–water partition coefficient (Wildman–Crippen LogP) is 5.97. The lowest BCUT2D eigenvalue weighted by Crippen LogP contribution is -2.70. The molecule has 1 aliphatic heterocycles. The SMILES string of the molecule is CC[C@@H](NC(=O)N1C(=O)[C@H](Cc2cc(C)nc(N(Cc3ccc(OC)cc3)C(=O)OC(C)(C)C)c2)[C@H]1C(=O)N(C)c1nccn1C)c1ccccc1. The molecule has 5 amide bonds. The number of benzene rings is 2. The fourth-order valence-electron chi connectivity index (χ4n) is 6.26. The van der Waals surface area contributed by atoms with Gasteiger partial charge >= 0.3 is 12.1 Å². The van der Waals surface area contributed by atoms with E-state index in [1.165, 1.54) is 9.80 Å². The second-order valence-electron chi connectivity index (χ2n) is 13.9. The summed E-state index contributed by atoms with van der Waals surface area (Å²) in [6, 6.07) is 18.2. The summed E-state index contributed by atoms with van der Waals surface area (Å²) < 4.78 is 12.8. The van der Waals surface area contributed by atoms with Gasteiger partial charge in [-0.3, -0.25) is 24.3 Å². The molecular formula is C39H47N7O6. The van der Waals surface area contributed by atoms with Crippen LogP contribution in [0.4, 0.5) is 21.4 Å². The van der Waals surface area contributed by atoms with Gasteiger partial charge in [0.2, 0.25) is 11.9 Å². The zero-order valence-electron chi connectivity index (χ0n) is 31.0. The van der Waals surface area contributed by atoms with E-state index in [2.05, 4.69) is 15.3 Å². The molecule has 3 atom stereocenters. The number of hydrogen-bond donors (Lipinski definition) is 1. The van der Waals surface area contributed by atoms with Crippen molar-refractivity contribution in [3.05, 3.63) is 102 Å². The Balaban J connectivity index is 1.46. The van der Waals surface area contributed by atoms with Gasteiger partial charge < -0.3 is 19.4 Å². The summed E-state index contributed by atoms with van der Waals surface area (Å²) in [7, 11) is 4.92. The van der Waals surface area contributed by atoms with Gasteiger partial charge in [0, 0.05) is 32.2 Å². The summed E-state index contributed by atoms with van der Waals surface area (Å²) in [5.74, 6) is -0.438. The Morgan fingerprint density at radius 2 is 1.71 bits per heavy atom. The van der Waals surface area contributed by atoms with Crippen LogP contribution in [0.1, 0.15) is 62.5 Å². The third kappa shape index (κ3) is 8.42. The molecule has 1 saturated heterocycles. The first kappa shape index (κ1) is 37.5. The highest BCUT2D eigenvalue weighted by Gasteiger charge is 2.55. The number of aryl methyl sites for hydroxylation is 2. The maximum absolute atomic E-state index is 14.2. The van der Waals surface area contributed by atoms with Crippen molar-refractivity contribution in [3.8, 4) is 5.75 Å². The lowest BCUT2D eigenvalue weighted by molar-refractivity contribution is -0.156. The quantitative estimate of drug-likeness (QED) is 0.188. The fourth-order valence-corrected chi connectivity index (χ4v) is 6.26. The summed E-state index contributed by atoms with van der Waals surface area (Å²) in [4.78, 5) is 68.3. The number of methoxy groups -OCH3 is 1. The Hall–Kier alpha value is -5.72. The number of nitrogens with zero attached hydrogens (tertiary/aromatic N) is 6. The molecule has 0 bridgehead atoms. The van der Waals surface area contributed by atoms with E-state index in [0.29, 0.717) is 35.2 Å². The molecule has 13 heteroatoms. The van der Waals surface area contributed by atoms with Gasteiger partial charge in [-0.1, -0.05) is 49.4 Å². The number of aromatic nitrogens is 3. The number of likely N-dealkylation sites (N-methyl/N-ethyl adjacent to an activating group) is 1. The summed E-state index contributed by atoms with van der Waals surface area (Å²) >= 11 is 0. The summed E-state index contributed by atoms with van der Waals surface area (Å²) in [6.45, 7) is 9.25. The molecule has 0 spiro atoms. The summed E-state index contributed by atoms with van der Waals surface area (Å²) in [5.41, 5.74) is 2.20. The molecule has 2 aromatic heterocycles. The van der Waals surface area contributed by atoms with Crippen LogP contribution in [-0.2, 0) is 34.3 Å². The molecule has 0 saturated carbocycles. The van der Waals surface area contributed by atoms with Crippen LogP contribution in [0, 0.1) is 12.8 Å². The van der Waals surface area contributed by atoms with Crippen molar-refractivity contribution in [2.45, 2.75) is 71.7 Å². The highest BCUT2D eigenvalue weighted by Crippen LogP contribution is 2.34. The Labute approximate surface area is 304 Å². The number of hydrogen-bond acceptors (Lipinski definition) is 8. The number of pyridine rings is 1. The Morgan fingerprint density at radius 1 is 1.02 bits per heavy atom. The van der Waals surface area contributed by atoms with E-state index < -0.39 is 41.5 Å². The van der Waals surface area contributed by atoms with E-state index in [1.807, 2.05) is 67.6 Å². The van der Waals surface area contributed by atoms with Crippen molar-refractivity contribution in [1.82, 2.24) is 24.8 Å². The van der Waals surface area contributed by atoms with Crippen LogP contribution in [0.15, 0.2) is 79.1 Å². The number of imide groups is 1. The molecule has 0 radical (unpaired) electrons. The maximum Gasteiger partial charge on any atom is 0.416 e. The number of anilines is 2. The van der Waals surface area contributed by atoms with Crippen molar-refractivity contribution < 1.29 is 28.7 Å². The molecule has 1 N–H and O–H groups in total. The van der Waals surface area contributed by atoms with Gasteiger partial charge in [-0.25, -0.2) is 19.6 Å². The van der Waals surface area contributed by atoms with Gasteiger partial charge in [-0.05, 0) is 81.5 Å². The maximum atomic E-state index is 14.2. The fraction of sp³-hybridized carbons (Fsp3) is 0.385. The second-order valence-corrected chi connectivity index (χ2v) is 13.9. The molecule has 0 aliphatic carbocycles. The predicted molar refractivity (Wildman–Crippen MR) is 197 cm³/mol. The van der Waals surface area contributed by atoms with E-state index in [-0.39, 0.29) is 19.0 Å². The highest BCUT2D eigenvalue weighted by atomic mass is 16.6. The molecule has 2 aromatic carbocycles. The van der Waals surface area contributed by atoms with Gasteiger partial charge in [-0.15, -0.1) is 0 Å². The number of imidazole rings is 1. The van der Waals surface area contributed by atoms with Crippen molar-refractivity contribution >= 4 is 35.7 Å². The van der Waals surface area contributed by atoms with Crippen LogP contribution in [0.5, 0.6) is 5.75 Å². The number of ether oxygens (including phenoxy) is 2. The average molecular weight is 710 g/mol. The van der Waals surface area contributed by atoms with Gasteiger partial charge in [0.25, 0.3) is 5.91 Å². The van der Waals surface area contributed by atoms with E-state index in [0.717, 1.165) is 16.0 Å². The molecule has 52 heavy (non-hydrogen) atoms. The van der Waals surface area contributed by atoms with E-state index in [4.69, 9.17) is 9.47 Å². The van der Waals surface area contributed by atoms with Crippen LogP contribution in [-0.4, -0.2) is 69.2 Å². The van der Waals surface area contributed by atoms with Gasteiger partial charge in [0.1, 0.15) is 23.2 Å². The molecule has 5 rings (SSSR count). The van der Waals surface area contributed by atoms with Crippen LogP contribution in [0.3, 0.4) is 0 Å². The third-order valence-corrected chi connectivity index (χ3v) is 8.87. The molecule has 1 fully saturated rings. The highest BCUT2D eigenvalue weighted by molar-refractivity contribution is 6.12. The van der Waals surface area contributed by atoms with Crippen LogP contribution >= 0.6 is 0 Å². The topological polar surface area (TPSA) is 139 Å². The third-order valence-electron chi connectivity index (χ3n) is 8.87. The minimum atomic E-state index is -1.11. The number of nitrogens with one attached hydrogen (secondary N) is 1. The molecular weight excluding hydrogens is 662 g/mol. The molecule has 274 valence electrons. The molecule has 13 nitrogen and oxygen atoms in total. The average Bonchev–Trinajstić information content (AvgIpc) is 3.55. The van der Waals surface area contributed by atoms with Gasteiger partial charge in [0.15, 0.2) is 0 Å². The second kappa shape index (κ2) is 15.7. The van der Waals surface area contributed by atoms with Gasteiger partial charge in [0.05, 0.1) is 25.6 Å². The molecule has 3 heterocycles. The minimum Gasteiger partial charge on any atom is -0.497 e. The Kier molecular flexibility index (Phi) is 11.3. The number of carbonyl (C=O) groups is 4. The Bertz CT molecular complexity index is 1900. The zero-order valence-corrected chi connectivity index (χ0v) is 31.0. The molecule has 1 aliphatic rings. The van der Waals surface area contributed by atoms with Crippen molar-refractivity contribution in [2.24, 2.45) is 13.0 Å². The number of rotatable bonds is 11. The molecule has 0 unspecified atom stereocenters. The number of likely N-dealkylation sites (tertiary alicyclic amines) is 1. The Morgan fingerprint density at radius 3 is 2.31 bits per heavy atom. The van der Waals surface area contributed by atoms with Crippen LogP contribution in [0.2, 0.25) is 0 Å². The first-order valence-electron chi connectivity index (χ1n) is 17.2. The zero-order chi connectivity index (χ0) is 37.7. The summed E-state index contributed by atoms with van der Waals surface area (Å²) in [6.07, 6.45) is 3.38. The van der Waals surface area contributed by atoms with E-state index in [9.17, 15) is 19.2 Å².